The van der Waals surface area contributed by atoms with Gasteiger partial charge < -0.3 is 8.98 Å². The molecule has 0 atom stereocenters. The first-order chi connectivity index (χ1) is 25.8. The van der Waals surface area contributed by atoms with Crippen LogP contribution in [0.2, 0.25) is 0 Å². The zero-order valence-electron chi connectivity index (χ0n) is 28.0. The maximum atomic E-state index is 6.65. The zero-order valence-corrected chi connectivity index (χ0v) is 28.0. The molecular formula is C47H30N4O. The number of nitrogens with zero attached hydrogens (tertiary/aromatic N) is 4. The van der Waals surface area contributed by atoms with Crippen molar-refractivity contribution < 1.29 is 4.42 Å². The topological polar surface area (TPSA) is 56.7 Å². The highest BCUT2D eigenvalue weighted by atomic mass is 16.3. The van der Waals surface area contributed by atoms with Crippen molar-refractivity contribution in [2.75, 3.05) is 0 Å². The van der Waals surface area contributed by atoms with Crippen molar-refractivity contribution in [2.24, 2.45) is 0 Å². The summed E-state index contributed by atoms with van der Waals surface area (Å²) in [6.45, 7) is 0. The maximum absolute atomic E-state index is 6.65. The Morgan fingerprint density at radius 2 is 0.904 bits per heavy atom. The first-order valence-electron chi connectivity index (χ1n) is 17.4. The number of hydrogen-bond donors (Lipinski definition) is 0. The summed E-state index contributed by atoms with van der Waals surface area (Å²) in [5, 5.41) is 3.44. The molecule has 5 heteroatoms. The third kappa shape index (κ3) is 5.07. The van der Waals surface area contributed by atoms with Crippen molar-refractivity contribution in [3.63, 3.8) is 0 Å². The maximum Gasteiger partial charge on any atom is 0.164 e. The molecule has 0 fully saturated rings. The molecule has 0 aliphatic rings. The minimum atomic E-state index is 0.616. The van der Waals surface area contributed by atoms with E-state index in [1.807, 2.05) is 78.9 Å². The average Bonchev–Trinajstić information content (AvgIpc) is 3.78. The SMILES string of the molecule is c1ccc(-c2nc(-c3ccccc3)nc(-c3cccc(-n4c5ccccc5c5ccc(-c6oc7ccccc7c6-c6ccccc6)cc54)c3)n2)cc1. The lowest BCUT2D eigenvalue weighted by Crippen LogP contribution is -2.01. The molecule has 0 saturated heterocycles. The number of fused-ring (bicyclic) bond motifs is 4. The Kier molecular flexibility index (Phi) is 7.07. The zero-order chi connectivity index (χ0) is 34.4. The summed E-state index contributed by atoms with van der Waals surface area (Å²) in [6.07, 6.45) is 0. The lowest BCUT2D eigenvalue weighted by molar-refractivity contribution is 0.632. The first kappa shape index (κ1) is 29.8. The van der Waals surface area contributed by atoms with E-state index in [4.69, 9.17) is 19.4 Å². The fourth-order valence-electron chi connectivity index (χ4n) is 7.25. The molecule has 0 aliphatic carbocycles. The molecule has 7 aromatic carbocycles. The second-order valence-electron chi connectivity index (χ2n) is 12.8. The molecule has 0 amide bonds. The van der Waals surface area contributed by atoms with Crippen molar-refractivity contribution in [3.05, 3.63) is 182 Å². The van der Waals surface area contributed by atoms with Gasteiger partial charge in [-0.15, -0.1) is 0 Å². The molecule has 0 bridgehead atoms. The number of rotatable bonds is 6. The molecule has 5 nitrogen and oxygen atoms in total. The summed E-state index contributed by atoms with van der Waals surface area (Å²) in [5.41, 5.74) is 10.1. The standard InChI is InChI=1S/C47H30N4O/c1-4-15-31(16-5-1)43-39-24-11-13-26-42(39)52-44(43)34-27-28-38-37-23-10-12-25-40(37)51(41(38)30-34)36-22-14-21-35(29-36)47-49-45(32-17-6-2-7-18-32)48-46(50-47)33-19-8-3-9-20-33/h1-30H. The summed E-state index contributed by atoms with van der Waals surface area (Å²) in [6, 6.07) is 62.6. The van der Waals surface area contributed by atoms with Gasteiger partial charge in [0.1, 0.15) is 11.3 Å². The van der Waals surface area contributed by atoms with Gasteiger partial charge in [0.2, 0.25) is 0 Å². The minimum absolute atomic E-state index is 0.616. The molecule has 0 N–H and O–H groups in total. The molecule has 0 radical (unpaired) electrons. The molecule has 0 aliphatic heterocycles. The van der Waals surface area contributed by atoms with E-state index in [0.29, 0.717) is 17.5 Å². The smallest absolute Gasteiger partial charge is 0.164 e. The summed E-state index contributed by atoms with van der Waals surface area (Å²) in [5.74, 6) is 2.74. The molecule has 244 valence electrons. The molecule has 3 aromatic heterocycles. The van der Waals surface area contributed by atoms with E-state index in [0.717, 1.165) is 66.8 Å². The van der Waals surface area contributed by atoms with Gasteiger partial charge in [0.05, 0.1) is 11.0 Å². The van der Waals surface area contributed by atoms with Crippen molar-refractivity contribution in [3.8, 4) is 62.3 Å². The predicted octanol–water partition coefficient (Wildman–Crippen LogP) is 12.0. The minimum Gasteiger partial charge on any atom is -0.455 e. The van der Waals surface area contributed by atoms with E-state index in [1.54, 1.807) is 0 Å². The van der Waals surface area contributed by atoms with Crippen LogP contribution in [-0.4, -0.2) is 19.5 Å². The van der Waals surface area contributed by atoms with Gasteiger partial charge in [0.25, 0.3) is 0 Å². The number of benzene rings is 7. The van der Waals surface area contributed by atoms with E-state index in [2.05, 4.69) is 108 Å². The van der Waals surface area contributed by atoms with Gasteiger partial charge in [-0.25, -0.2) is 15.0 Å². The Morgan fingerprint density at radius 1 is 0.365 bits per heavy atom. The normalized spacial score (nSPS) is 11.5. The van der Waals surface area contributed by atoms with Gasteiger partial charge >= 0.3 is 0 Å². The molecular weight excluding hydrogens is 637 g/mol. The number of furan rings is 1. The van der Waals surface area contributed by atoms with Crippen molar-refractivity contribution in [2.45, 2.75) is 0 Å². The van der Waals surface area contributed by atoms with Gasteiger partial charge in [0, 0.05) is 49.7 Å². The van der Waals surface area contributed by atoms with Crippen LogP contribution in [0.1, 0.15) is 0 Å². The largest absolute Gasteiger partial charge is 0.455 e. The van der Waals surface area contributed by atoms with E-state index in [1.165, 1.54) is 10.8 Å². The van der Waals surface area contributed by atoms with Gasteiger partial charge in [-0.1, -0.05) is 152 Å². The fourth-order valence-corrected chi connectivity index (χ4v) is 7.25. The van der Waals surface area contributed by atoms with Crippen LogP contribution in [0.4, 0.5) is 0 Å². The Balaban J connectivity index is 1.17. The first-order valence-corrected chi connectivity index (χ1v) is 17.4. The fraction of sp³-hybridized carbons (Fsp3) is 0. The monoisotopic (exact) mass is 666 g/mol. The number of aromatic nitrogens is 4. The summed E-state index contributed by atoms with van der Waals surface area (Å²) < 4.78 is 8.98. The highest BCUT2D eigenvalue weighted by Gasteiger charge is 2.20. The van der Waals surface area contributed by atoms with Crippen LogP contribution in [0.15, 0.2) is 186 Å². The molecule has 0 saturated carbocycles. The Hall–Kier alpha value is -7.11. The van der Waals surface area contributed by atoms with Crippen LogP contribution in [0.5, 0.6) is 0 Å². The van der Waals surface area contributed by atoms with E-state index in [-0.39, 0.29) is 0 Å². The third-order valence-corrected chi connectivity index (χ3v) is 9.66. The highest BCUT2D eigenvalue weighted by molar-refractivity contribution is 6.11. The summed E-state index contributed by atoms with van der Waals surface area (Å²) in [7, 11) is 0. The Bertz CT molecular complexity index is 2840. The Labute approximate surface area is 300 Å². The van der Waals surface area contributed by atoms with Crippen LogP contribution >= 0.6 is 0 Å². The van der Waals surface area contributed by atoms with Crippen LogP contribution < -0.4 is 0 Å². The van der Waals surface area contributed by atoms with Crippen molar-refractivity contribution in [1.29, 1.82) is 0 Å². The van der Waals surface area contributed by atoms with Crippen LogP contribution in [0.3, 0.4) is 0 Å². The van der Waals surface area contributed by atoms with Gasteiger partial charge in [-0.2, -0.15) is 0 Å². The van der Waals surface area contributed by atoms with Gasteiger partial charge in [-0.05, 0) is 35.9 Å². The summed E-state index contributed by atoms with van der Waals surface area (Å²) >= 11 is 0. The number of hydrogen-bond acceptors (Lipinski definition) is 4. The van der Waals surface area contributed by atoms with Gasteiger partial charge in [-0.3, -0.25) is 0 Å². The lowest BCUT2D eigenvalue weighted by Gasteiger charge is -2.12. The molecule has 10 aromatic rings. The molecule has 3 heterocycles. The molecule has 52 heavy (non-hydrogen) atoms. The average molecular weight is 667 g/mol. The highest BCUT2D eigenvalue weighted by Crippen LogP contribution is 2.43. The third-order valence-electron chi connectivity index (χ3n) is 9.66. The van der Waals surface area contributed by atoms with Crippen LogP contribution in [0, 0.1) is 0 Å². The summed E-state index contributed by atoms with van der Waals surface area (Å²) in [4.78, 5) is 14.9. The predicted molar refractivity (Wildman–Crippen MR) is 211 cm³/mol. The van der Waals surface area contributed by atoms with Crippen molar-refractivity contribution >= 4 is 32.8 Å². The Morgan fingerprint density at radius 3 is 1.60 bits per heavy atom. The van der Waals surface area contributed by atoms with Crippen LogP contribution in [-0.2, 0) is 0 Å². The second-order valence-corrected chi connectivity index (χ2v) is 12.8. The molecule has 0 spiro atoms. The molecule has 0 unspecified atom stereocenters. The second kappa shape index (κ2) is 12.3. The lowest BCUT2D eigenvalue weighted by atomic mass is 9.98. The quantitative estimate of drug-likeness (QED) is 0.177. The number of para-hydroxylation sites is 2. The van der Waals surface area contributed by atoms with E-state index in [9.17, 15) is 0 Å². The van der Waals surface area contributed by atoms with Gasteiger partial charge in [0.15, 0.2) is 17.5 Å². The van der Waals surface area contributed by atoms with Crippen molar-refractivity contribution in [1.82, 2.24) is 19.5 Å². The van der Waals surface area contributed by atoms with E-state index >= 15 is 0 Å². The van der Waals surface area contributed by atoms with E-state index < -0.39 is 0 Å². The molecule has 10 rings (SSSR count). The van der Waals surface area contributed by atoms with Crippen LogP contribution in [0.25, 0.3) is 95.1 Å².